The molecule has 4 aliphatic heterocycles. The van der Waals surface area contributed by atoms with Crippen LogP contribution in [0, 0.1) is 0 Å². The van der Waals surface area contributed by atoms with Gasteiger partial charge in [-0.25, -0.2) is 28.8 Å². The maximum Gasteiger partial charge on any atom is 0.407 e. The molecule has 123 heavy (non-hydrogen) atoms. The Bertz CT molecular complexity index is 4400. The van der Waals surface area contributed by atoms with E-state index in [-0.39, 0.29) is 79.0 Å². The predicted octanol–water partition coefficient (Wildman–Crippen LogP) is 8.70. The molecule has 5 fully saturated rings. The van der Waals surface area contributed by atoms with Gasteiger partial charge < -0.3 is 133 Å². The number of hydrogen-bond donors (Lipinski definition) is 11. The molecule has 12 rings (SSSR count). The lowest BCUT2D eigenvalue weighted by atomic mass is 9.83. The van der Waals surface area contributed by atoms with Gasteiger partial charge in [-0.3, -0.25) is 0 Å². The molecule has 4 saturated heterocycles. The topological polar surface area (TPSA) is 415 Å². The number of carbonyl (C=O) groups is 6. The van der Waals surface area contributed by atoms with E-state index >= 15 is 0 Å². The first kappa shape index (κ1) is 92.0. The minimum absolute atomic E-state index is 0.0626. The van der Waals surface area contributed by atoms with E-state index in [0.29, 0.717) is 46.3 Å². The Kier molecular flexibility index (Phi) is 34.0. The quantitative estimate of drug-likeness (QED) is 0.00993. The van der Waals surface area contributed by atoms with Crippen LogP contribution in [0.4, 0.5) is 28.8 Å². The number of aliphatic hydroxyl groups is 4. The van der Waals surface area contributed by atoms with Gasteiger partial charge in [0.1, 0.15) is 125 Å². The average molecular weight is 1720 g/mol. The Morgan fingerprint density at radius 1 is 0.415 bits per heavy atom. The maximum atomic E-state index is 14.7. The summed E-state index contributed by atoms with van der Waals surface area (Å²) in [5, 5.41) is 70.3. The molecule has 33 nitrogen and oxygen atoms in total. The van der Waals surface area contributed by atoms with Crippen molar-refractivity contribution in [3.63, 3.8) is 0 Å². The zero-order valence-corrected chi connectivity index (χ0v) is 70.1. The number of amides is 6. The standard InChI is InChI=1S/C89H111N7O26Si/c1-89(2,3)123(4,5)115-55-67-76(121-80-68(95-87(105)113-52-60-36-21-10-22-37-60)72(99)71(98)65(116-80)47-92-84(102)110-49-57-30-15-7-16-31-57)78(107-45-44-90-42-27-43-91-83(101)109-48-56-28-13-6-14-29-56)82(118-67)122-77-70(97)63(93-85(103)111-50-58-32-17-8-18-33-58)46-64(94-86(104)112-51-59-34-19-9-20-35-59)74(77)119-81-69(96-88(106)114-53-61-38-23-11-24-39-61)73(100)75-66(117-81)54-108-79(120-75)62-40-25-12-26-41-62/h6-26,28-41,63-82,90,97-100H,27,42-55H2,1-5H3,(H,91,101)(H,92,102)(H,93,103)(H,94,104)(H,95,105)(H,96,106)/t63-,64+,65+,66-,67-,68-,69-,70+,71-,72-,73-,74-,75-,76-,77-,78-,79?,80-,81-,82+/m1/s1. The molecular formula is C89H111N7O26Si. The molecule has 6 amide bonds. The normalized spacial score (nSPS) is 26.8. The zero-order valence-electron chi connectivity index (χ0n) is 69.1. The van der Waals surface area contributed by atoms with Crippen molar-refractivity contribution in [1.29, 1.82) is 0 Å². The van der Waals surface area contributed by atoms with Crippen LogP contribution >= 0.6 is 0 Å². The van der Waals surface area contributed by atoms with Gasteiger partial charge in [0, 0.05) is 25.2 Å². The van der Waals surface area contributed by atoms with Crippen LogP contribution in [0.5, 0.6) is 0 Å². The van der Waals surface area contributed by atoms with Gasteiger partial charge in [-0.1, -0.05) is 233 Å². The summed E-state index contributed by atoms with van der Waals surface area (Å²) in [4.78, 5) is 84.0. The van der Waals surface area contributed by atoms with Gasteiger partial charge in [-0.05, 0) is 70.9 Å². The van der Waals surface area contributed by atoms with Crippen molar-refractivity contribution < 1.29 is 125 Å². The number of aliphatic hydroxyl groups excluding tert-OH is 4. The molecule has 11 N–H and O–H groups in total. The second-order valence-electron chi connectivity index (χ2n) is 31.8. The van der Waals surface area contributed by atoms with E-state index in [2.05, 4.69) is 37.2 Å². The van der Waals surface area contributed by atoms with Crippen molar-refractivity contribution in [2.75, 3.05) is 46.0 Å². The van der Waals surface area contributed by atoms with E-state index in [0.717, 1.165) is 5.56 Å². The van der Waals surface area contributed by atoms with Crippen LogP contribution in [0.1, 0.15) is 78.8 Å². The van der Waals surface area contributed by atoms with Crippen LogP contribution in [-0.2, 0) is 115 Å². The average Bonchev–Trinajstić information content (AvgIpc) is 1.67. The lowest BCUT2D eigenvalue weighted by Crippen LogP contribution is -2.71. The number of alkyl carbamates (subject to hydrolysis) is 6. The molecule has 1 saturated carbocycles. The van der Waals surface area contributed by atoms with Crippen LogP contribution in [0.15, 0.2) is 212 Å². The van der Waals surface area contributed by atoms with E-state index < -0.39 is 179 Å². The van der Waals surface area contributed by atoms with Crippen molar-refractivity contribution in [2.45, 2.75) is 214 Å². The lowest BCUT2D eigenvalue weighted by Gasteiger charge is -2.51. The van der Waals surface area contributed by atoms with Gasteiger partial charge in [0.05, 0.1) is 31.9 Å². The van der Waals surface area contributed by atoms with Gasteiger partial charge in [-0.2, -0.15) is 0 Å². The summed E-state index contributed by atoms with van der Waals surface area (Å²) in [6.07, 6.45) is -31.5. The fourth-order valence-corrected chi connectivity index (χ4v) is 15.2. The molecule has 20 atom stereocenters. The lowest BCUT2D eigenvalue weighted by molar-refractivity contribution is -0.358. The van der Waals surface area contributed by atoms with Gasteiger partial charge >= 0.3 is 36.6 Å². The number of hydrogen-bond acceptors (Lipinski definition) is 27. The van der Waals surface area contributed by atoms with Crippen molar-refractivity contribution >= 4 is 44.9 Å². The summed E-state index contributed by atoms with van der Waals surface area (Å²) in [6, 6.07) is 56.1. The Morgan fingerprint density at radius 3 is 1.32 bits per heavy atom. The fourth-order valence-electron chi connectivity index (χ4n) is 14.2. The first-order valence-electron chi connectivity index (χ1n) is 41.2. The van der Waals surface area contributed by atoms with Gasteiger partial charge in [-0.15, -0.1) is 0 Å². The maximum absolute atomic E-state index is 14.7. The predicted molar refractivity (Wildman–Crippen MR) is 443 cm³/mol. The number of rotatable bonds is 36. The first-order valence-corrected chi connectivity index (χ1v) is 44.1. The van der Waals surface area contributed by atoms with Crippen LogP contribution < -0.4 is 37.2 Å². The van der Waals surface area contributed by atoms with Gasteiger partial charge in [0.2, 0.25) is 0 Å². The highest BCUT2D eigenvalue weighted by Gasteiger charge is 2.59. The molecule has 7 aromatic carbocycles. The number of fused-ring (bicyclic) bond motifs is 1. The molecule has 0 radical (unpaired) electrons. The zero-order chi connectivity index (χ0) is 86.7. The molecule has 4 heterocycles. The SMILES string of the molecule is CC(C)(C)[Si](C)(C)OC[C@H]1O[C@@H](O[C@@H]2[C@@H](O)[C@H](NC(=O)OCc3ccccc3)C[C@H](NC(=O)OCc3ccccc3)[C@H]2O[C@H]2O[C@@H]3COC(c4ccccc4)O[C@H]3[C@H](O)[C@H]2NC(=O)OCc2ccccc2)[C@H](OCCNCCCNC(=O)OCc2ccccc2)[C@@H]1O[C@H]1O[C@@H](CNC(=O)OCc2ccccc2)[C@@H](O)[C@H](O)[C@H]1NC(=O)OCc1ccccc1. The second-order valence-corrected chi connectivity index (χ2v) is 36.6. The number of nitrogens with one attached hydrogen (secondary N) is 7. The fraction of sp³-hybridized carbons (Fsp3) is 0.461. The summed E-state index contributed by atoms with van der Waals surface area (Å²) in [7, 11) is -2.85. The summed E-state index contributed by atoms with van der Waals surface area (Å²) < 4.78 is 103. The van der Waals surface area contributed by atoms with Crippen LogP contribution in [0.3, 0.4) is 0 Å². The molecule has 5 aliphatic rings. The molecule has 0 spiro atoms. The monoisotopic (exact) mass is 1720 g/mol. The van der Waals surface area contributed by atoms with Crippen LogP contribution in [0.2, 0.25) is 18.1 Å². The third-order valence-corrected chi connectivity index (χ3v) is 26.5. The number of ether oxygens (including phenoxy) is 15. The summed E-state index contributed by atoms with van der Waals surface area (Å²) >= 11 is 0. The molecule has 1 unspecified atom stereocenters. The minimum Gasteiger partial charge on any atom is -0.445 e. The molecule has 1 aliphatic carbocycles. The van der Waals surface area contributed by atoms with Crippen molar-refractivity contribution in [3.8, 4) is 0 Å². The largest absolute Gasteiger partial charge is 0.445 e. The van der Waals surface area contributed by atoms with E-state index in [9.17, 15) is 49.2 Å². The van der Waals surface area contributed by atoms with Crippen LogP contribution in [-0.4, -0.2) is 228 Å². The highest BCUT2D eigenvalue weighted by Crippen LogP contribution is 2.42. The van der Waals surface area contributed by atoms with E-state index in [1.165, 1.54) is 0 Å². The Labute approximate surface area is 714 Å². The molecular weight excluding hydrogens is 1610 g/mol. The Morgan fingerprint density at radius 2 is 0.829 bits per heavy atom. The number of benzene rings is 7. The van der Waals surface area contributed by atoms with Gasteiger partial charge in [0.15, 0.2) is 33.5 Å². The molecule has 7 aromatic rings. The molecule has 0 aromatic heterocycles. The number of carbonyl (C=O) groups excluding carboxylic acids is 6. The van der Waals surface area contributed by atoms with Crippen molar-refractivity contribution in [1.82, 2.24) is 37.2 Å². The third-order valence-electron chi connectivity index (χ3n) is 22.0. The minimum atomic E-state index is -2.85. The van der Waals surface area contributed by atoms with Crippen LogP contribution in [0.25, 0.3) is 0 Å². The Balaban J connectivity index is 0.920. The Hall–Kier alpha value is -10.2. The summed E-state index contributed by atoms with van der Waals surface area (Å²) in [5.74, 6) is 0. The van der Waals surface area contributed by atoms with E-state index in [1.54, 1.807) is 170 Å². The molecule has 662 valence electrons. The van der Waals surface area contributed by atoms with Gasteiger partial charge in [0.25, 0.3) is 0 Å². The summed E-state index contributed by atoms with van der Waals surface area (Å²) in [5.41, 5.74) is 4.56. The van der Waals surface area contributed by atoms with E-state index in [1.807, 2.05) is 76.3 Å². The summed E-state index contributed by atoms with van der Waals surface area (Å²) in [6.45, 7) is 8.55. The smallest absolute Gasteiger partial charge is 0.407 e. The highest BCUT2D eigenvalue weighted by molar-refractivity contribution is 6.74. The van der Waals surface area contributed by atoms with Crippen molar-refractivity contribution in [3.05, 3.63) is 251 Å². The third kappa shape index (κ3) is 26.9. The molecule has 34 heteroatoms. The molecule has 0 bridgehead atoms. The second kappa shape index (κ2) is 45.4. The van der Waals surface area contributed by atoms with Crippen molar-refractivity contribution in [2.24, 2.45) is 0 Å². The van der Waals surface area contributed by atoms with E-state index in [4.69, 9.17) is 75.5 Å². The highest BCUT2D eigenvalue weighted by atomic mass is 28.4. The first-order chi connectivity index (χ1) is 59.5.